The summed E-state index contributed by atoms with van der Waals surface area (Å²) in [7, 11) is 0. The summed E-state index contributed by atoms with van der Waals surface area (Å²) in [4.78, 5) is 26.6. The molecule has 2 rings (SSSR count). The topological polar surface area (TPSA) is 124 Å². The lowest BCUT2D eigenvalue weighted by atomic mass is 10.1. The van der Waals surface area contributed by atoms with Crippen molar-refractivity contribution in [3.05, 3.63) is 50.5 Å². The summed E-state index contributed by atoms with van der Waals surface area (Å²) in [5, 5.41) is 15.0. The monoisotopic (exact) mass is 319 g/mol. The number of nitrogens with two attached hydrogens (primary N) is 1. The Labute approximate surface area is 129 Å². The number of carbonyl (C=O) groups is 1. The number of anilines is 1. The van der Waals surface area contributed by atoms with Gasteiger partial charge in [0.1, 0.15) is 4.88 Å². The molecule has 0 aliphatic rings. The first-order valence-electron chi connectivity index (χ1n) is 6.21. The number of benzene rings is 1. The van der Waals surface area contributed by atoms with Crippen LogP contribution in [-0.2, 0) is 0 Å². The third-order valence-electron chi connectivity index (χ3n) is 2.82. The number of rotatable bonds is 4. The molecule has 1 heterocycles. The number of carbonyl (C=O) groups excluding carboxylic acids is 1. The molecule has 1 aromatic heterocycles. The maximum Gasteiger partial charge on any atom is 0.283 e. The normalized spacial score (nSPS) is 11.3. The van der Waals surface area contributed by atoms with Gasteiger partial charge in [0.2, 0.25) is 0 Å². The van der Waals surface area contributed by atoms with Crippen LogP contribution in [0.25, 0.3) is 0 Å². The minimum absolute atomic E-state index is 0.0375. The standard InChI is InChI=1S/C13H13N5O3S/c1-7(9-4-3-5-10(6-9)18(20)21)16-17-12(19)11-8(2)15-13(14)22-11/h3-6H,1-2H3,(H2,14,15)(H,17,19)/b16-7-. The molecule has 0 fully saturated rings. The first-order valence-corrected chi connectivity index (χ1v) is 7.02. The van der Waals surface area contributed by atoms with Crippen LogP contribution in [0.2, 0.25) is 0 Å². The number of hydrogen-bond donors (Lipinski definition) is 2. The molecule has 0 saturated carbocycles. The van der Waals surface area contributed by atoms with Crippen molar-refractivity contribution in [1.82, 2.24) is 10.4 Å². The van der Waals surface area contributed by atoms with Crippen LogP contribution in [0.15, 0.2) is 29.4 Å². The lowest BCUT2D eigenvalue weighted by molar-refractivity contribution is -0.384. The van der Waals surface area contributed by atoms with Crippen molar-refractivity contribution >= 4 is 33.8 Å². The van der Waals surface area contributed by atoms with Gasteiger partial charge in [0, 0.05) is 17.7 Å². The zero-order valence-electron chi connectivity index (χ0n) is 11.9. The Morgan fingerprint density at radius 2 is 2.23 bits per heavy atom. The molecule has 3 N–H and O–H groups in total. The van der Waals surface area contributed by atoms with Crippen molar-refractivity contribution in [1.29, 1.82) is 0 Å². The van der Waals surface area contributed by atoms with Crippen LogP contribution < -0.4 is 11.2 Å². The number of aromatic nitrogens is 1. The number of nitrogens with zero attached hydrogens (tertiary/aromatic N) is 3. The van der Waals surface area contributed by atoms with E-state index in [4.69, 9.17) is 5.73 Å². The van der Waals surface area contributed by atoms with Crippen molar-refractivity contribution in [2.24, 2.45) is 5.10 Å². The van der Waals surface area contributed by atoms with Crippen molar-refractivity contribution in [2.45, 2.75) is 13.8 Å². The number of nitrogens with one attached hydrogen (secondary N) is 1. The predicted octanol–water partition coefficient (Wildman–Crippen LogP) is 2.10. The number of thiazole rings is 1. The smallest absolute Gasteiger partial charge is 0.283 e. The molecular weight excluding hydrogens is 306 g/mol. The average molecular weight is 319 g/mol. The van der Waals surface area contributed by atoms with E-state index >= 15 is 0 Å². The van der Waals surface area contributed by atoms with E-state index in [-0.39, 0.29) is 5.69 Å². The fourth-order valence-corrected chi connectivity index (χ4v) is 2.45. The first kappa shape index (κ1) is 15.6. The fraction of sp³-hybridized carbons (Fsp3) is 0.154. The van der Waals surface area contributed by atoms with Gasteiger partial charge in [-0.05, 0) is 13.8 Å². The summed E-state index contributed by atoms with van der Waals surface area (Å²) in [5.74, 6) is -0.420. The quantitative estimate of drug-likeness (QED) is 0.507. The van der Waals surface area contributed by atoms with E-state index < -0.39 is 10.8 Å². The number of aryl methyl sites for hydroxylation is 1. The Hall–Kier alpha value is -2.81. The molecule has 114 valence electrons. The SMILES string of the molecule is C/C(=N/NC(=O)c1sc(N)nc1C)c1cccc([N+](=O)[O-])c1. The molecule has 0 bridgehead atoms. The van der Waals surface area contributed by atoms with Crippen LogP contribution in [0.5, 0.6) is 0 Å². The Balaban J connectivity index is 2.16. The molecule has 0 aliphatic heterocycles. The molecule has 0 aliphatic carbocycles. The van der Waals surface area contributed by atoms with Gasteiger partial charge in [-0.2, -0.15) is 5.10 Å². The molecule has 1 amide bonds. The lowest BCUT2D eigenvalue weighted by Crippen LogP contribution is -2.19. The van der Waals surface area contributed by atoms with Crippen LogP contribution in [0.3, 0.4) is 0 Å². The number of amides is 1. The van der Waals surface area contributed by atoms with Gasteiger partial charge in [0.15, 0.2) is 5.13 Å². The Morgan fingerprint density at radius 3 is 2.82 bits per heavy atom. The van der Waals surface area contributed by atoms with Gasteiger partial charge in [-0.25, -0.2) is 10.4 Å². The number of hydrogen-bond acceptors (Lipinski definition) is 7. The number of nitro groups is 1. The second kappa shape index (κ2) is 6.31. The molecule has 22 heavy (non-hydrogen) atoms. The van der Waals surface area contributed by atoms with Crippen molar-refractivity contribution in [3.63, 3.8) is 0 Å². The second-order valence-electron chi connectivity index (χ2n) is 4.41. The summed E-state index contributed by atoms with van der Waals surface area (Å²) in [5.41, 5.74) is 9.43. The van der Waals surface area contributed by atoms with Gasteiger partial charge < -0.3 is 5.73 Å². The molecule has 0 spiro atoms. The third kappa shape index (κ3) is 3.44. The van der Waals surface area contributed by atoms with Crippen LogP contribution in [0, 0.1) is 17.0 Å². The highest BCUT2D eigenvalue weighted by Crippen LogP contribution is 2.19. The minimum atomic E-state index is -0.487. The molecule has 0 atom stereocenters. The van der Waals surface area contributed by atoms with E-state index in [0.717, 1.165) is 11.3 Å². The summed E-state index contributed by atoms with van der Waals surface area (Å²) in [6.45, 7) is 3.33. The summed E-state index contributed by atoms with van der Waals surface area (Å²) >= 11 is 1.07. The van der Waals surface area contributed by atoms with E-state index in [1.165, 1.54) is 12.1 Å². The summed E-state index contributed by atoms with van der Waals surface area (Å²) in [6.07, 6.45) is 0. The zero-order chi connectivity index (χ0) is 16.3. The molecule has 1 aromatic carbocycles. The summed E-state index contributed by atoms with van der Waals surface area (Å²) < 4.78 is 0. The van der Waals surface area contributed by atoms with E-state index in [9.17, 15) is 14.9 Å². The molecule has 0 radical (unpaired) electrons. The molecule has 0 saturated heterocycles. The molecule has 9 heteroatoms. The third-order valence-corrected chi connectivity index (χ3v) is 3.80. The van der Waals surface area contributed by atoms with Crippen LogP contribution in [0.4, 0.5) is 10.8 Å². The van der Waals surface area contributed by atoms with Crippen LogP contribution in [-0.4, -0.2) is 21.5 Å². The highest BCUT2D eigenvalue weighted by atomic mass is 32.1. The van der Waals surface area contributed by atoms with Crippen molar-refractivity contribution in [3.8, 4) is 0 Å². The Morgan fingerprint density at radius 1 is 1.50 bits per heavy atom. The second-order valence-corrected chi connectivity index (χ2v) is 5.44. The van der Waals surface area contributed by atoms with Crippen molar-refractivity contribution < 1.29 is 9.72 Å². The number of nitrogen functional groups attached to an aromatic ring is 1. The highest BCUT2D eigenvalue weighted by Gasteiger charge is 2.14. The van der Waals surface area contributed by atoms with Gasteiger partial charge in [-0.15, -0.1) is 0 Å². The number of non-ortho nitro benzene ring substituents is 1. The average Bonchev–Trinajstić information content (AvgIpc) is 2.83. The first-order chi connectivity index (χ1) is 10.4. The van der Waals surface area contributed by atoms with Crippen LogP contribution >= 0.6 is 11.3 Å². The Kier molecular flexibility index (Phi) is 4.47. The lowest BCUT2D eigenvalue weighted by Gasteiger charge is -2.02. The fourth-order valence-electron chi connectivity index (χ4n) is 1.72. The largest absolute Gasteiger partial charge is 0.375 e. The van der Waals surface area contributed by atoms with Gasteiger partial charge in [-0.1, -0.05) is 23.5 Å². The zero-order valence-corrected chi connectivity index (χ0v) is 12.7. The van der Waals surface area contributed by atoms with Crippen LogP contribution in [0.1, 0.15) is 27.9 Å². The number of hydrazone groups is 1. The van der Waals surface area contributed by atoms with E-state index in [1.807, 2.05) is 0 Å². The molecule has 8 nitrogen and oxygen atoms in total. The molecule has 2 aromatic rings. The van der Waals surface area contributed by atoms with E-state index in [0.29, 0.717) is 27.0 Å². The van der Waals surface area contributed by atoms with E-state index in [1.54, 1.807) is 26.0 Å². The molecular formula is C13H13N5O3S. The maximum absolute atomic E-state index is 12.0. The minimum Gasteiger partial charge on any atom is -0.375 e. The predicted molar refractivity (Wildman–Crippen MR) is 84.0 cm³/mol. The molecule has 0 unspecified atom stereocenters. The highest BCUT2D eigenvalue weighted by molar-refractivity contribution is 7.17. The summed E-state index contributed by atoms with van der Waals surface area (Å²) in [6, 6.07) is 6.01. The maximum atomic E-state index is 12.0. The van der Waals surface area contributed by atoms with Gasteiger partial charge >= 0.3 is 0 Å². The van der Waals surface area contributed by atoms with E-state index in [2.05, 4.69) is 15.5 Å². The number of nitro benzene ring substituents is 1. The van der Waals surface area contributed by atoms with Gasteiger partial charge in [0.25, 0.3) is 11.6 Å². The van der Waals surface area contributed by atoms with Crippen molar-refractivity contribution in [2.75, 3.05) is 5.73 Å². The van der Waals surface area contributed by atoms with Gasteiger partial charge in [-0.3, -0.25) is 14.9 Å². The van der Waals surface area contributed by atoms with Gasteiger partial charge in [0.05, 0.1) is 16.3 Å². The Bertz CT molecular complexity index is 769.